The maximum absolute atomic E-state index is 9.16. The lowest BCUT2D eigenvalue weighted by atomic mass is 9.97. The number of likely N-dealkylation sites (N-methyl/N-ethyl adjacent to an activating group) is 1. The van der Waals surface area contributed by atoms with E-state index in [2.05, 4.69) is 17.0 Å². The van der Waals surface area contributed by atoms with Gasteiger partial charge in [-0.2, -0.15) is 0 Å². The zero-order chi connectivity index (χ0) is 13.7. The molecule has 1 N–H and O–H groups in total. The predicted octanol–water partition coefficient (Wildman–Crippen LogP) is 3.35. The van der Waals surface area contributed by atoms with E-state index in [9.17, 15) is 0 Å². The number of benzene rings is 2. The molecule has 2 nitrogen and oxygen atoms in total. The van der Waals surface area contributed by atoms with Crippen LogP contribution in [-0.2, 0) is 0 Å². The van der Waals surface area contributed by atoms with Crippen molar-refractivity contribution in [1.82, 2.24) is 4.90 Å². The van der Waals surface area contributed by atoms with Crippen LogP contribution in [0.5, 0.6) is 0 Å². The Hall–Kier alpha value is -1.35. The maximum atomic E-state index is 9.16. The largest absolute Gasteiger partial charge is 0.395 e. The van der Waals surface area contributed by atoms with Crippen molar-refractivity contribution in [3.63, 3.8) is 0 Å². The van der Waals surface area contributed by atoms with Gasteiger partial charge in [-0.25, -0.2) is 0 Å². The highest BCUT2D eigenvalue weighted by molar-refractivity contribution is 6.30. The fraction of sp³-hybridized carbons (Fsp3) is 0.250. The molecule has 0 saturated carbocycles. The van der Waals surface area contributed by atoms with Crippen molar-refractivity contribution in [2.24, 2.45) is 0 Å². The van der Waals surface area contributed by atoms with Gasteiger partial charge in [-0.1, -0.05) is 54.1 Å². The summed E-state index contributed by atoms with van der Waals surface area (Å²) in [6.45, 7) is 0.773. The third-order valence-corrected chi connectivity index (χ3v) is 3.45. The second kappa shape index (κ2) is 6.71. The van der Waals surface area contributed by atoms with Crippen molar-refractivity contribution in [3.05, 3.63) is 70.7 Å². The summed E-state index contributed by atoms with van der Waals surface area (Å²) in [4.78, 5) is 2.14. The Labute approximate surface area is 119 Å². The van der Waals surface area contributed by atoms with Crippen LogP contribution in [0.1, 0.15) is 17.2 Å². The van der Waals surface area contributed by atoms with Gasteiger partial charge in [-0.05, 0) is 30.3 Å². The zero-order valence-electron chi connectivity index (χ0n) is 11.0. The van der Waals surface area contributed by atoms with E-state index in [-0.39, 0.29) is 12.6 Å². The molecule has 0 unspecified atom stereocenters. The van der Waals surface area contributed by atoms with Crippen LogP contribution in [0.4, 0.5) is 0 Å². The van der Waals surface area contributed by atoms with Crippen molar-refractivity contribution < 1.29 is 5.11 Å². The monoisotopic (exact) mass is 275 g/mol. The summed E-state index contributed by atoms with van der Waals surface area (Å²) < 4.78 is 0. The Morgan fingerprint density at radius 1 is 1.00 bits per heavy atom. The number of halogens is 1. The highest BCUT2D eigenvalue weighted by Gasteiger charge is 2.18. The fourth-order valence-corrected chi connectivity index (χ4v) is 2.39. The molecule has 0 amide bonds. The molecule has 2 aromatic rings. The Bertz CT molecular complexity index is 498. The first kappa shape index (κ1) is 14.1. The Morgan fingerprint density at radius 3 is 2.16 bits per heavy atom. The third-order valence-electron chi connectivity index (χ3n) is 3.19. The van der Waals surface area contributed by atoms with Gasteiger partial charge in [-0.15, -0.1) is 0 Å². The lowest BCUT2D eigenvalue weighted by Gasteiger charge is -2.28. The summed E-state index contributed by atoms with van der Waals surface area (Å²) in [6.07, 6.45) is 0. The minimum absolute atomic E-state index is 0.130. The molecule has 0 aliphatic carbocycles. The molecular weight excluding hydrogens is 258 g/mol. The van der Waals surface area contributed by atoms with E-state index in [0.717, 1.165) is 5.02 Å². The molecule has 2 rings (SSSR count). The van der Waals surface area contributed by atoms with Crippen molar-refractivity contribution in [1.29, 1.82) is 0 Å². The Balaban J connectivity index is 2.37. The Morgan fingerprint density at radius 2 is 1.58 bits per heavy atom. The summed E-state index contributed by atoms with van der Waals surface area (Å²) in [5.41, 5.74) is 2.38. The van der Waals surface area contributed by atoms with Gasteiger partial charge in [0.05, 0.1) is 12.6 Å². The SMILES string of the molecule is CN(CCO)[C@H](c1ccccc1)c1ccc(Cl)cc1. The second-order valence-corrected chi connectivity index (χ2v) is 5.01. The van der Waals surface area contributed by atoms with Crippen LogP contribution in [0, 0.1) is 0 Å². The van der Waals surface area contributed by atoms with E-state index in [0.29, 0.717) is 6.54 Å². The lowest BCUT2D eigenvalue weighted by Crippen LogP contribution is -2.28. The van der Waals surface area contributed by atoms with E-state index in [4.69, 9.17) is 16.7 Å². The average molecular weight is 276 g/mol. The van der Waals surface area contributed by atoms with Gasteiger partial charge in [0.15, 0.2) is 0 Å². The molecule has 1 atom stereocenters. The minimum Gasteiger partial charge on any atom is -0.395 e. The molecule has 0 aliphatic heterocycles. The molecule has 0 fully saturated rings. The van der Waals surface area contributed by atoms with Gasteiger partial charge in [0.1, 0.15) is 0 Å². The standard InChI is InChI=1S/C16H18ClNO/c1-18(11-12-19)16(13-5-3-2-4-6-13)14-7-9-15(17)10-8-14/h2-10,16,19H,11-12H2,1H3/t16-/m1/s1. The zero-order valence-corrected chi connectivity index (χ0v) is 11.7. The topological polar surface area (TPSA) is 23.5 Å². The molecule has 0 saturated heterocycles. The molecule has 100 valence electrons. The molecule has 0 radical (unpaired) electrons. The molecule has 0 aliphatic rings. The molecule has 0 heterocycles. The van der Waals surface area contributed by atoms with E-state index >= 15 is 0 Å². The number of aliphatic hydroxyl groups is 1. The summed E-state index contributed by atoms with van der Waals surface area (Å²) in [5.74, 6) is 0. The molecule has 2 aromatic carbocycles. The van der Waals surface area contributed by atoms with Crippen LogP contribution in [-0.4, -0.2) is 30.2 Å². The quantitative estimate of drug-likeness (QED) is 0.905. The fourth-order valence-electron chi connectivity index (χ4n) is 2.27. The van der Waals surface area contributed by atoms with Gasteiger partial charge >= 0.3 is 0 Å². The van der Waals surface area contributed by atoms with E-state index < -0.39 is 0 Å². The molecule has 0 bridgehead atoms. The molecular formula is C16H18ClNO. The van der Waals surface area contributed by atoms with Crippen LogP contribution in [0.2, 0.25) is 5.02 Å². The van der Waals surface area contributed by atoms with Crippen molar-refractivity contribution in [2.45, 2.75) is 6.04 Å². The van der Waals surface area contributed by atoms with Crippen LogP contribution >= 0.6 is 11.6 Å². The highest BCUT2D eigenvalue weighted by atomic mass is 35.5. The van der Waals surface area contributed by atoms with Crippen LogP contribution in [0.25, 0.3) is 0 Å². The number of rotatable bonds is 5. The lowest BCUT2D eigenvalue weighted by molar-refractivity contribution is 0.197. The molecule has 0 spiro atoms. The summed E-state index contributed by atoms with van der Waals surface area (Å²) >= 11 is 5.95. The number of aliphatic hydroxyl groups excluding tert-OH is 1. The first-order valence-corrected chi connectivity index (χ1v) is 6.71. The van der Waals surface area contributed by atoms with Crippen LogP contribution in [0.15, 0.2) is 54.6 Å². The Kier molecular flexibility index (Phi) is 4.97. The van der Waals surface area contributed by atoms with Gasteiger partial charge < -0.3 is 5.11 Å². The van der Waals surface area contributed by atoms with E-state index in [1.165, 1.54) is 11.1 Å². The number of hydrogen-bond donors (Lipinski definition) is 1. The first-order chi connectivity index (χ1) is 9.22. The summed E-state index contributed by atoms with van der Waals surface area (Å²) in [5, 5.41) is 9.90. The van der Waals surface area contributed by atoms with Crippen molar-refractivity contribution in [2.75, 3.05) is 20.2 Å². The summed E-state index contributed by atoms with van der Waals surface area (Å²) in [7, 11) is 2.02. The van der Waals surface area contributed by atoms with Crippen molar-refractivity contribution >= 4 is 11.6 Å². The van der Waals surface area contributed by atoms with Crippen LogP contribution in [0.3, 0.4) is 0 Å². The van der Waals surface area contributed by atoms with Gasteiger partial charge in [0.2, 0.25) is 0 Å². The van der Waals surface area contributed by atoms with Gasteiger partial charge in [0.25, 0.3) is 0 Å². The number of nitrogens with zero attached hydrogens (tertiary/aromatic N) is 1. The predicted molar refractivity (Wildman–Crippen MR) is 79.5 cm³/mol. The molecule has 3 heteroatoms. The van der Waals surface area contributed by atoms with Gasteiger partial charge in [-0.3, -0.25) is 4.90 Å². The third kappa shape index (κ3) is 3.57. The number of hydrogen-bond acceptors (Lipinski definition) is 2. The maximum Gasteiger partial charge on any atom is 0.0600 e. The van der Waals surface area contributed by atoms with Crippen LogP contribution < -0.4 is 0 Å². The van der Waals surface area contributed by atoms with Crippen molar-refractivity contribution in [3.8, 4) is 0 Å². The highest BCUT2D eigenvalue weighted by Crippen LogP contribution is 2.28. The normalized spacial score (nSPS) is 12.6. The van der Waals surface area contributed by atoms with Gasteiger partial charge in [0, 0.05) is 11.6 Å². The van der Waals surface area contributed by atoms with E-state index in [1.54, 1.807) is 0 Å². The second-order valence-electron chi connectivity index (χ2n) is 4.57. The average Bonchev–Trinajstić information content (AvgIpc) is 2.43. The molecule has 19 heavy (non-hydrogen) atoms. The first-order valence-electron chi connectivity index (χ1n) is 6.34. The smallest absolute Gasteiger partial charge is 0.0600 e. The summed E-state index contributed by atoms with van der Waals surface area (Å²) in [6, 6.07) is 18.3. The van der Waals surface area contributed by atoms with E-state index in [1.807, 2.05) is 49.5 Å². The molecule has 0 aromatic heterocycles. The minimum atomic E-state index is 0.130.